The molecule has 0 aliphatic carbocycles. The molecule has 0 spiro atoms. The van der Waals surface area contributed by atoms with E-state index in [1.807, 2.05) is 37.4 Å². The van der Waals surface area contributed by atoms with E-state index in [-0.39, 0.29) is 5.82 Å². The lowest BCUT2D eigenvalue weighted by Gasteiger charge is -2.17. The maximum atomic E-state index is 13.6. The summed E-state index contributed by atoms with van der Waals surface area (Å²) >= 11 is 3.47. The minimum atomic E-state index is -0.157. The molecule has 2 nitrogen and oxygen atoms in total. The molecule has 2 aromatic carbocycles. The zero-order valence-corrected chi connectivity index (χ0v) is 13.2. The zero-order chi connectivity index (χ0) is 14.5. The molecule has 4 heteroatoms. The topological polar surface area (TPSA) is 12.5 Å². The number of hydrogen-bond donors (Lipinski definition) is 0. The smallest absolute Gasteiger partial charge is 0.133 e. The van der Waals surface area contributed by atoms with Crippen LogP contribution in [0.3, 0.4) is 0 Å². The number of methoxy groups -OCH3 is 1. The van der Waals surface area contributed by atoms with Crippen molar-refractivity contribution < 1.29 is 9.13 Å². The van der Waals surface area contributed by atoms with E-state index in [4.69, 9.17) is 4.74 Å². The Morgan fingerprint density at radius 2 is 1.90 bits per heavy atom. The molecule has 0 N–H and O–H groups in total. The van der Waals surface area contributed by atoms with Crippen LogP contribution in [0.15, 0.2) is 46.9 Å². The highest BCUT2D eigenvalue weighted by Gasteiger charge is 2.07. The Labute approximate surface area is 127 Å². The molecule has 106 valence electrons. The molecule has 0 radical (unpaired) electrons. The normalized spacial score (nSPS) is 10.8. The fraction of sp³-hybridized carbons (Fsp3) is 0.250. The van der Waals surface area contributed by atoms with Crippen molar-refractivity contribution in [3.05, 3.63) is 63.9 Å². The third-order valence-electron chi connectivity index (χ3n) is 3.07. The fourth-order valence-corrected chi connectivity index (χ4v) is 2.68. The minimum absolute atomic E-state index is 0.157. The Morgan fingerprint density at radius 1 is 1.15 bits per heavy atom. The molecule has 0 unspecified atom stereocenters. The second-order valence-corrected chi connectivity index (χ2v) is 5.59. The first kappa shape index (κ1) is 15.0. The largest absolute Gasteiger partial charge is 0.496 e. The highest BCUT2D eigenvalue weighted by atomic mass is 79.9. The fourth-order valence-electron chi connectivity index (χ4n) is 2.09. The lowest BCUT2D eigenvalue weighted by Crippen LogP contribution is -2.18. The first-order valence-electron chi connectivity index (χ1n) is 6.34. The second-order valence-electron chi connectivity index (χ2n) is 4.73. The van der Waals surface area contributed by atoms with Gasteiger partial charge in [-0.05, 0) is 46.7 Å². The van der Waals surface area contributed by atoms with Gasteiger partial charge in [0, 0.05) is 18.7 Å². The maximum Gasteiger partial charge on any atom is 0.133 e. The first-order chi connectivity index (χ1) is 9.60. The number of benzene rings is 2. The van der Waals surface area contributed by atoms with Crippen LogP contribution in [0, 0.1) is 5.82 Å². The van der Waals surface area contributed by atoms with E-state index in [2.05, 4.69) is 20.8 Å². The van der Waals surface area contributed by atoms with Crippen molar-refractivity contribution in [1.29, 1.82) is 0 Å². The van der Waals surface area contributed by atoms with Gasteiger partial charge < -0.3 is 4.74 Å². The van der Waals surface area contributed by atoms with E-state index in [0.29, 0.717) is 12.1 Å². The number of halogens is 2. The third-order valence-corrected chi connectivity index (χ3v) is 3.69. The average molecular weight is 338 g/mol. The molecule has 0 saturated carbocycles. The molecule has 0 aromatic heterocycles. The summed E-state index contributed by atoms with van der Waals surface area (Å²) in [7, 11) is 3.62. The lowest BCUT2D eigenvalue weighted by atomic mass is 10.1. The lowest BCUT2D eigenvalue weighted by molar-refractivity contribution is 0.313. The minimum Gasteiger partial charge on any atom is -0.496 e. The van der Waals surface area contributed by atoms with Gasteiger partial charge >= 0.3 is 0 Å². The summed E-state index contributed by atoms with van der Waals surface area (Å²) in [5.41, 5.74) is 1.86. The summed E-state index contributed by atoms with van der Waals surface area (Å²) < 4.78 is 19.7. The second kappa shape index (κ2) is 6.86. The summed E-state index contributed by atoms with van der Waals surface area (Å²) in [6.07, 6.45) is 0. The Morgan fingerprint density at radius 3 is 2.55 bits per heavy atom. The van der Waals surface area contributed by atoms with Gasteiger partial charge in [0.2, 0.25) is 0 Å². The van der Waals surface area contributed by atoms with Gasteiger partial charge in [-0.2, -0.15) is 0 Å². The molecule has 0 bridgehead atoms. The molecular formula is C16H17BrFNO. The highest BCUT2D eigenvalue weighted by Crippen LogP contribution is 2.26. The summed E-state index contributed by atoms with van der Waals surface area (Å²) in [6.45, 7) is 1.33. The van der Waals surface area contributed by atoms with Crippen molar-refractivity contribution in [2.45, 2.75) is 13.1 Å². The molecule has 0 aliphatic heterocycles. The van der Waals surface area contributed by atoms with Gasteiger partial charge in [-0.15, -0.1) is 0 Å². The number of hydrogen-bond acceptors (Lipinski definition) is 2. The summed E-state index contributed by atoms with van der Waals surface area (Å²) in [5, 5.41) is 0. The van der Waals surface area contributed by atoms with Crippen molar-refractivity contribution in [3.8, 4) is 5.75 Å². The van der Waals surface area contributed by atoms with Crippen LogP contribution in [-0.2, 0) is 13.1 Å². The van der Waals surface area contributed by atoms with Gasteiger partial charge in [0.15, 0.2) is 0 Å². The van der Waals surface area contributed by atoms with Gasteiger partial charge in [-0.25, -0.2) is 4.39 Å². The van der Waals surface area contributed by atoms with Crippen molar-refractivity contribution in [3.63, 3.8) is 0 Å². The molecule has 0 heterocycles. The van der Waals surface area contributed by atoms with E-state index in [0.717, 1.165) is 22.3 Å². The van der Waals surface area contributed by atoms with Gasteiger partial charge in [-0.3, -0.25) is 4.90 Å². The number of nitrogens with zero attached hydrogens (tertiary/aromatic N) is 1. The maximum absolute atomic E-state index is 13.6. The Bertz CT molecular complexity index is 588. The monoisotopic (exact) mass is 337 g/mol. The van der Waals surface area contributed by atoms with Crippen LogP contribution in [0.25, 0.3) is 0 Å². The highest BCUT2D eigenvalue weighted by molar-refractivity contribution is 9.10. The van der Waals surface area contributed by atoms with Crippen LogP contribution in [0.4, 0.5) is 4.39 Å². The van der Waals surface area contributed by atoms with Gasteiger partial charge in [0.25, 0.3) is 0 Å². The summed E-state index contributed by atoms with van der Waals surface area (Å²) in [4.78, 5) is 2.08. The van der Waals surface area contributed by atoms with Crippen LogP contribution < -0.4 is 4.74 Å². The van der Waals surface area contributed by atoms with Gasteiger partial charge in [0.1, 0.15) is 11.6 Å². The molecule has 0 aliphatic rings. The van der Waals surface area contributed by atoms with E-state index >= 15 is 0 Å². The predicted octanol–water partition coefficient (Wildman–Crippen LogP) is 4.23. The van der Waals surface area contributed by atoms with Gasteiger partial charge in [0.05, 0.1) is 11.6 Å². The van der Waals surface area contributed by atoms with E-state index in [1.165, 1.54) is 6.07 Å². The Hall–Kier alpha value is -1.39. The van der Waals surface area contributed by atoms with Crippen LogP contribution in [0.5, 0.6) is 5.75 Å². The molecule has 0 amide bonds. The van der Waals surface area contributed by atoms with E-state index in [1.54, 1.807) is 13.2 Å². The SMILES string of the molecule is COc1ccc(CN(C)Cc2ccccc2F)cc1Br. The van der Waals surface area contributed by atoms with Crippen LogP contribution in [0.1, 0.15) is 11.1 Å². The summed E-state index contributed by atoms with van der Waals surface area (Å²) in [6, 6.07) is 12.8. The quantitative estimate of drug-likeness (QED) is 0.809. The summed E-state index contributed by atoms with van der Waals surface area (Å²) in [5.74, 6) is 0.653. The molecule has 0 atom stereocenters. The molecule has 0 fully saturated rings. The standard InChI is InChI=1S/C16H17BrFNO/c1-19(11-13-5-3-4-6-15(13)18)10-12-7-8-16(20-2)14(17)9-12/h3-9H,10-11H2,1-2H3. The van der Waals surface area contributed by atoms with Crippen LogP contribution in [-0.4, -0.2) is 19.1 Å². The van der Waals surface area contributed by atoms with Crippen molar-refractivity contribution >= 4 is 15.9 Å². The average Bonchev–Trinajstić information content (AvgIpc) is 2.41. The van der Waals surface area contributed by atoms with Crippen molar-refractivity contribution in [1.82, 2.24) is 4.90 Å². The number of rotatable bonds is 5. The molecule has 0 saturated heterocycles. The molecule has 20 heavy (non-hydrogen) atoms. The molecule has 2 aromatic rings. The molecule has 2 rings (SSSR count). The number of ether oxygens (including phenoxy) is 1. The molecular weight excluding hydrogens is 321 g/mol. The van der Waals surface area contributed by atoms with Crippen LogP contribution >= 0.6 is 15.9 Å². The predicted molar refractivity (Wildman–Crippen MR) is 82.3 cm³/mol. The van der Waals surface area contributed by atoms with Crippen molar-refractivity contribution in [2.24, 2.45) is 0 Å². The van der Waals surface area contributed by atoms with Gasteiger partial charge in [-0.1, -0.05) is 24.3 Å². The Balaban J connectivity index is 2.03. The van der Waals surface area contributed by atoms with E-state index < -0.39 is 0 Å². The van der Waals surface area contributed by atoms with E-state index in [9.17, 15) is 4.39 Å². The van der Waals surface area contributed by atoms with Crippen molar-refractivity contribution in [2.75, 3.05) is 14.2 Å². The van der Waals surface area contributed by atoms with Crippen LogP contribution in [0.2, 0.25) is 0 Å². The first-order valence-corrected chi connectivity index (χ1v) is 7.14. The zero-order valence-electron chi connectivity index (χ0n) is 11.6. The third kappa shape index (κ3) is 3.81. The Kier molecular flexibility index (Phi) is 5.15.